The highest BCUT2D eigenvalue weighted by atomic mass is 32.2. The molecule has 40 heavy (non-hydrogen) atoms. The second-order valence-electron chi connectivity index (χ2n) is 11.1. The summed E-state index contributed by atoms with van der Waals surface area (Å²) < 4.78 is 38.0. The summed E-state index contributed by atoms with van der Waals surface area (Å²) in [6.45, 7) is 5.72. The number of likely N-dealkylation sites (tertiary alicyclic amines) is 2. The fourth-order valence-electron chi connectivity index (χ4n) is 6.36. The van der Waals surface area contributed by atoms with Crippen LogP contribution in [-0.2, 0) is 16.3 Å². The minimum Gasteiger partial charge on any atom is -0.454 e. The fourth-order valence-corrected chi connectivity index (χ4v) is 7.87. The molecule has 0 N–H and O–H groups in total. The number of carbonyl (C=O) groups is 1. The van der Waals surface area contributed by atoms with Gasteiger partial charge in [-0.2, -0.15) is 0 Å². The van der Waals surface area contributed by atoms with Gasteiger partial charge in [-0.15, -0.1) is 0 Å². The summed E-state index contributed by atoms with van der Waals surface area (Å²) in [5.41, 5.74) is 2.71. The van der Waals surface area contributed by atoms with Gasteiger partial charge < -0.3 is 19.3 Å². The number of piperidine rings is 2. The number of aryl methyl sites for hydroxylation is 1. The third-order valence-electron chi connectivity index (χ3n) is 8.72. The maximum atomic E-state index is 13.6. The molecule has 8 heteroatoms. The first-order valence-corrected chi connectivity index (χ1v) is 15.7. The normalized spacial score (nSPS) is 18.7. The van der Waals surface area contributed by atoms with Gasteiger partial charge >= 0.3 is 0 Å². The zero-order chi connectivity index (χ0) is 27.7. The molecule has 0 aromatic heterocycles. The summed E-state index contributed by atoms with van der Waals surface area (Å²) in [6, 6.07) is 20.5. The van der Waals surface area contributed by atoms with E-state index in [9.17, 15) is 13.2 Å². The lowest BCUT2D eigenvalue weighted by atomic mass is 9.88. The van der Waals surface area contributed by atoms with E-state index in [1.54, 1.807) is 30.3 Å². The van der Waals surface area contributed by atoms with Gasteiger partial charge in [-0.3, -0.25) is 4.79 Å². The molecule has 3 heterocycles. The van der Waals surface area contributed by atoms with Gasteiger partial charge in [-0.05, 0) is 93.4 Å². The number of fused-ring (bicyclic) bond motifs is 1. The van der Waals surface area contributed by atoms with E-state index in [0.29, 0.717) is 28.4 Å². The van der Waals surface area contributed by atoms with Crippen molar-refractivity contribution in [1.82, 2.24) is 9.80 Å². The lowest BCUT2D eigenvalue weighted by Crippen LogP contribution is -2.49. The molecule has 2 fully saturated rings. The number of hydrogen-bond donors (Lipinski definition) is 0. The van der Waals surface area contributed by atoms with Gasteiger partial charge in [0, 0.05) is 30.8 Å². The van der Waals surface area contributed by atoms with Gasteiger partial charge in [0.25, 0.3) is 5.91 Å². The molecule has 6 rings (SSSR count). The van der Waals surface area contributed by atoms with E-state index in [2.05, 4.69) is 4.90 Å². The van der Waals surface area contributed by atoms with Crippen molar-refractivity contribution in [1.29, 1.82) is 0 Å². The Morgan fingerprint density at radius 3 is 2.33 bits per heavy atom. The summed E-state index contributed by atoms with van der Waals surface area (Å²) in [4.78, 5) is 18.2. The van der Waals surface area contributed by atoms with E-state index >= 15 is 0 Å². The zero-order valence-corrected chi connectivity index (χ0v) is 23.7. The largest absolute Gasteiger partial charge is 0.454 e. The Hall–Kier alpha value is -3.36. The Morgan fingerprint density at radius 2 is 1.55 bits per heavy atom. The van der Waals surface area contributed by atoms with Crippen LogP contribution in [-0.4, -0.2) is 63.1 Å². The van der Waals surface area contributed by atoms with Gasteiger partial charge in [0.2, 0.25) is 16.6 Å². The molecule has 210 valence electrons. The van der Waals surface area contributed by atoms with Crippen LogP contribution < -0.4 is 9.47 Å². The molecule has 0 bridgehead atoms. The predicted octanol–water partition coefficient (Wildman–Crippen LogP) is 5.12. The lowest BCUT2D eigenvalue weighted by Gasteiger charge is -2.42. The first-order valence-electron chi connectivity index (χ1n) is 14.2. The van der Waals surface area contributed by atoms with Crippen LogP contribution in [0.5, 0.6) is 11.5 Å². The van der Waals surface area contributed by atoms with Crippen molar-refractivity contribution in [3.8, 4) is 11.5 Å². The third kappa shape index (κ3) is 5.34. The van der Waals surface area contributed by atoms with Crippen molar-refractivity contribution in [3.63, 3.8) is 0 Å². The first-order chi connectivity index (χ1) is 19.4. The van der Waals surface area contributed by atoms with Crippen LogP contribution in [0.25, 0.3) is 0 Å². The smallest absolute Gasteiger partial charge is 0.254 e. The first kappa shape index (κ1) is 26.8. The molecule has 2 saturated heterocycles. The quantitative estimate of drug-likeness (QED) is 0.417. The number of benzene rings is 3. The van der Waals surface area contributed by atoms with Crippen LogP contribution in [0.3, 0.4) is 0 Å². The molecule has 0 atom stereocenters. The molecule has 3 aromatic rings. The number of rotatable bonds is 6. The number of carbonyl (C=O) groups excluding carboxylic acids is 1. The molecule has 3 aliphatic heterocycles. The summed E-state index contributed by atoms with van der Waals surface area (Å²) in [5.74, 6) is 1.62. The highest BCUT2D eigenvalue weighted by Gasteiger charge is 2.31. The van der Waals surface area contributed by atoms with Gasteiger partial charge in [0.15, 0.2) is 11.5 Å². The van der Waals surface area contributed by atoms with Gasteiger partial charge in [0.1, 0.15) is 0 Å². The molecule has 0 unspecified atom stereocenters. The van der Waals surface area contributed by atoms with Crippen molar-refractivity contribution >= 4 is 15.7 Å². The monoisotopic (exact) mass is 560 g/mol. The number of amides is 1. The fraction of sp³-hybridized carbons (Fsp3) is 0.406. The van der Waals surface area contributed by atoms with E-state index in [1.165, 1.54) is 0 Å². The van der Waals surface area contributed by atoms with Crippen LogP contribution in [0, 0.1) is 12.8 Å². The molecule has 0 radical (unpaired) electrons. The van der Waals surface area contributed by atoms with Gasteiger partial charge in [0.05, 0.1) is 9.79 Å². The molecule has 3 aliphatic rings. The highest BCUT2D eigenvalue weighted by Crippen LogP contribution is 2.37. The summed E-state index contributed by atoms with van der Waals surface area (Å²) in [6.07, 6.45) is 4.83. The van der Waals surface area contributed by atoms with Crippen LogP contribution in [0.1, 0.15) is 47.2 Å². The van der Waals surface area contributed by atoms with Crippen LogP contribution in [0.2, 0.25) is 0 Å². The van der Waals surface area contributed by atoms with E-state index < -0.39 is 9.84 Å². The van der Waals surface area contributed by atoms with Crippen molar-refractivity contribution in [3.05, 3.63) is 83.4 Å². The number of nitrogens with zero attached hydrogens (tertiary/aromatic N) is 2. The average Bonchev–Trinajstić information content (AvgIpc) is 3.46. The highest BCUT2D eigenvalue weighted by molar-refractivity contribution is 7.91. The van der Waals surface area contributed by atoms with Crippen molar-refractivity contribution in [2.24, 2.45) is 5.92 Å². The molecule has 7 nitrogen and oxygen atoms in total. The number of ether oxygens (including phenoxy) is 2. The zero-order valence-electron chi connectivity index (χ0n) is 22.9. The molecule has 0 spiro atoms. The Balaban J connectivity index is 1.05. The van der Waals surface area contributed by atoms with Gasteiger partial charge in [-0.1, -0.05) is 36.4 Å². The van der Waals surface area contributed by atoms with Gasteiger partial charge in [-0.25, -0.2) is 8.42 Å². The van der Waals surface area contributed by atoms with Crippen molar-refractivity contribution in [2.45, 2.75) is 54.9 Å². The Kier molecular flexibility index (Phi) is 7.55. The summed E-state index contributed by atoms with van der Waals surface area (Å²) >= 11 is 0. The second kappa shape index (κ2) is 11.3. The number of sulfone groups is 1. The molecule has 0 saturated carbocycles. The van der Waals surface area contributed by atoms with E-state index in [0.717, 1.165) is 75.0 Å². The SMILES string of the molecule is Cc1ccccc1C(=O)N1CCC(N2CCC(Cc3ccccc3S(=O)(=O)c3ccc4c(c3)OCO4)CC2)CC1. The third-order valence-corrected chi connectivity index (χ3v) is 10.6. The minimum absolute atomic E-state index is 0.110. The lowest BCUT2D eigenvalue weighted by molar-refractivity contribution is 0.0551. The van der Waals surface area contributed by atoms with Crippen LogP contribution in [0.15, 0.2) is 76.5 Å². The topological polar surface area (TPSA) is 76.2 Å². The Labute approximate surface area is 236 Å². The Bertz CT molecular complexity index is 1490. The number of hydrogen-bond acceptors (Lipinski definition) is 6. The molecule has 0 aliphatic carbocycles. The minimum atomic E-state index is -3.68. The van der Waals surface area contributed by atoms with E-state index in [-0.39, 0.29) is 17.6 Å². The molecule has 3 aromatic carbocycles. The Morgan fingerprint density at radius 1 is 0.850 bits per heavy atom. The maximum Gasteiger partial charge on any atom is 0.254 e. The van der Waals surface area contributed by atoms with E-state index in [1.807, 2.05) is 48.2 Å². The van der Waals surface area contributed by atoms with Crippen molar-refractivity contribution < 1.29 is 22.7 Å². The van der Waals surface area contributed by atoms with E-state index in [4.69, 9.17) is 9.47 Å². The van der Waals surface area contributed by atoms with Crippen LogP contribution in [0.4, 0.5) is 0 Å². The molecular formula is C32H36N2O5S. The van der Waals surface area contributed by atoms with Crippen LogP contribution >= 0.6 is 0 Å². The maximum absolute atomic E-state index is 13.6. The molecule has 1 amide bonds. The second-order valence-corrected chi connectivity index (χ2v) is 13.1. The van der Waals surface area contributed by atoms with Crippen molar-refractivity contribution in [2.75, 3.05) is 33.0 Å². The summed E-state index contributed by atoms with van der Waals surface area (Å²) in [7, 11) is -3.68. The average molecular weight is 561 g/mol. The summed E-state index contributed by atoms with van der Waals surface area (Å²) in [5, 5.41) is 0. The standard InChI is InChI=1S/C32H36N2O5S/c1-23-6-2-4-8-28(23)32(35)34-18-14-26(15-19-34)33-16-12-24(13-17-33)20-25-7-3-5-9-31(25)40(36,37)27-10-11-29-30(21-27)39-22-38-29/h2-11,21,24,26H,12-20,22H2,1H3. The molecular weight excluding hydrogens is 524 g/mol. The predicted molar refractivity (Wildman–Crippen MR) is 153 cm³/mol.